The maximum Gasteiger partial charge on any atom is 0.294 e. The van der Waals surface area contributed by atoms with Crippen LogP contribution < -0.4 is 4.74 Å². The van der Waals surface area contributed by atoms with Crippen molar-refractivity contribution in [2.75, 3.05) is 13.2 Å². The lowest BCUT2D eigenvalue weighted by Crippen LogP contribution is -2.28. The molecule has 4 nitrogen and oxygen atoms in total. The second-order valence-electron chi connectivity index (χ2n) is 5.16. The van der Waals surface area contributed by atoms with E-state index in [1.807, 2.05) is 30.3 Å². The zero-order chi connectivity index (χ0) is 17.8. The van der Waals surface area contributed by atoms with E-state index in [2.05, 4.69) is 11.8 Å². The van der Waals surface area contributed by atoms with Gasteiger partial charge in [0.05, 0.1) is 11.4 Å². The van der Waals surface area contributed by atoms with Gasteiger partial charge in [-0.2, -0.15) is 0 Å². The van der Waals surface area contributed by atoms with Crippen molar-refractivity contribution >= 4 is 39.8 Å². The zero-order valence-corrected chi connectivity index (χ0v) is 14.0. The average Bonchev–Trinajstić information content (AvgIpc) is 2.89. The summed E-state index contributed by atoms with van der Waals surface area (Å²) in [7, 11) is 0. The number of hydrogen-bond donors (Lipinski definition) is 0. The molecule has 25 heavy (non-hydrogen) atoms. The van der Waals surface area contributed by atoms with Gasteiger partial charge in [0.1, 0.15) is 12.4 Å². The second-order valence-corrected chi connectivity index (χ2v) is 6.16. The van der Waals surface area contributed by atoms with Crippen molar-refractivity contribution in [1.29, 1.82) is 0 Å². The fourth-order valence-corrected chi connectivity index (χ4v) is 3.35. The van der Waals surface area contributed by atoms with Crippen LogP contribution in [0.4, 0.5) is 4.79 Å². The summed E-state index contributed by atoms with van der Waals surface area (Å²) in [5, 5.41) is 1.52. The molecule has 0 N–H and O–H groups in total. The fourth-order valence-electron chi connectivity index (χ4n) is 2.53. The highest BCUT2D eigenvalue weighted by molar-refractivity contribution is 8.18. The lowest BCUT2D eigenvalue weighted by atomic mass is 10.0. The Morgan fingerprint density at radius 2 is 1.92 bits per heavy atom. The van der Waals surface area contributed by atoms with E-state index in [9.17, 15) is 9.59 Å². The van der Waals surface area contributed by atoms with Crippen molar-refractivity contribution in [2.45, 2.75) is 0 Å². The molecule has 0 bridgehead atoms. The van der Waals surface area contributed by atoms with Crippen molar-refractivity contribution in [1.82, 2.24) is 4.90 Å². The van der Waals surface area contributed by atoms with Crippen molar-refractivity contribution in [3.63, 3.8) is 0 Å². The molecule has 2 amide bonds. The Kier molecular flexibility index (Phi) is 4.79. The number of imide groups is 1. The Morgan fingerprint density at radius 1 is 1.12 bits per heavy atom. The Hall–Kier alpha value is -3.15. The van der Waals surface area contributed by atoms with Crippen LogP contribution in [0.25, 0.3) is 16.8 Å². The van der Waals surface area contributed by atoms with Crippen molar-refractivity contribution < 1.29 is 14.3 Å². The van der Waals surface area contributed by atoms with Crippen LogP contribution in [0.3, 0.4) is 0 Å². The summed E-state index contributed by atoms with van der Waals surface area (Å²) in [5.41, 5.74) is 0.708. The molecule has 0 spiro atoms. The van der Waals surface area contributed by atoms with Gasteiger partial charge in [-0.3, -0.25) is 14.5 Å². The zero-order valence-electron chi connectivity index (χ0n) is 13.2. The molecule has 0 aliphatic carbocycles. The second kappa shape index (κ2) is 7.17. The molecule has 0 aromatic heterocycles. The number of fused-ring (bicyclic) bond motifs is 1. The first kappa shape index (κ1) is 16.7. The first-order chi connectivity index (χ1) is 12.2. The number of carbonyl (C=O) groups excluding carboxylic acids is 2. The summed E-state index contributed by atoms with van der Waals surface area (Å²) < 4.78 is 5.61. The predicted octanol–water partition coefficient (Wildman–Crippen LogP) is 3.52. The average molecular weight is 347 g/mol. The molecule has 3 rings (SSSR count). The van der Waals surface area contributed by atoms with Gasteiger partial charge in [-0.1, -0.05) is 42.2 Å². The fraction of sp³-hybridized carbons (Fsp3) is 0.100. The lowest BCUT2D eigenvalue weighted by molar-refractivity contribution is -0.122. The number of thioether (sulfide) groups is 1. The molecule has 5 heteroatoms. The Morgan fingerprint density at radius 3 is 2.68 bits per heavy atom. The smallest absolute Gasteiger partial charge is 0.294 e. The van der Waals surface area contributed by atoms with E-state index in [0.717, 1.165) is 27.4 Å². The summed E-state index contributed by atoms with van der Waals surface area (Å²) in [6, 6.07) is 11.4. The van der Waals surface area contributed by atoms with E-state index in [-0.39, 0.29) is 18.4 Å². The highest BCUT2D eigenvalue weighted by atomic mass is 32.2. The summed E-state index contributed by atoms with van der Waals surface area (Å²) in [5.74, 6) is 4.90. The van der Waals surface area contributed by atoms with Crippen LogP contribution in [0.2, 0.25) is 0 Å². The van der Waals surface area contributed by atoms with Gasteiger partial charge in [-0.05, 0) is 34.7 Å². The first-order valence-electron chi connectivity index (χ1n) is 7.42. The number of ether oxygens (including phenoxy) is 1. The summed E-state index contributed by atoms with van der Waals surface area (Å²) in [6.45, 7) is 0.0652. The molecule has 1 saturated heterocycles. The van der Waals surface area contributed by atoms with Gasteiger partial charge in [-0.25, -0.2) is 0 Å². The van der Waals surface area contributed by atoms with Gasteiger partial charge in [-0.15, -0.1) is 12.8 Å². The minimum Gasteiger partial charge on any atom is -0.480 e. The molecule has 2 aromatic carbocycles. The Labute approximate surface area is 149 Å². The Bertz CT molecular complexity index is 979. The van der Waals surface area contributed by atoms with Gasteiger partial charge in [0, 0.05) is 5.56 Å². The van der Waals surface area contributed by atoms with Crippen LogP contribution in [0, 0.1) is 24.7 Å². The van der Waals surface area contributed by atoms with Gasteiger partial charge < -0.3 is 4.74 Å². The van der Waals surface area contributed by atoms with Crippen LogP contribution in [0.15, 0.2) is 41.3 Å². The van der Waals surface area contributed by atoms with E-state index in [0.29, 0.717) is 16.2 Å². The van der Waals surface area contributed by atoms with Gasteiger partial charge in [0.25, 0.3) is 11.1 Å². The summed E-state index contributed by atoms with van der Waals surface area (Å²) in [6.07, 6.45) is 12.2. The molecule has 0 atom stereocenters. The van der Waals surface area contributed by atoms with Crippen molar-refractivity contribution in [3.8, 4) is 30.4 Å². The molecule has 1 heterocycles. The minimum atomic E-state index is -0.399. The highest BCUT2D eigenvalue weighted by Gasteiger charge is 2.34. The number of terminal acetylenes is 2. The number of hydrogen-bond acceptors (Lipinski definition) is 4. The summed E-state index contributed by atoms with van der Waals surface area (Å²) >= 11 is 0.865. The molecular weight excluding hydrogens is 334 g/mol. The monoisotopic (exact) mass is 347 g/mol. The normalized spacial score (nSPS) is 15.4. The maximum atomic E-state index is 12.4. The predicted molar refractivity (Wildman–Crippen MR) is 99.8 cm³/mol. The summed E-state index contributed by atoms with van der Waals surface area (Å²) in [4.78, 5) is 25.7. The van der Waals surface area contributed by atoms with E-state index >= 15 is 0 Å². The topological polar surface area (TPSA) is 46.6 Å². The molecule has 1 aliphatic rings. The van der Waals surface area contributed by atoms with Crippen molar-refractivity contribution in [3.05, 3.63) is 46.9 Å². The third-order valence-electron chi connectivity index (χ3n) is 3.64. The third-order valence-corrected chi connectivity index (χ3v) is 4.55. The van der Waals surface area contributed by atoms with Crippen LogP contribution in [-0.2, 0) is 4.79 Å². The molecular formula is C20H13NO3S. The first-order valence-corrected chi connectivity index (χ1v) is 8.24. The third kappa shape index (κ3) is 3.24. The van der Waals surface area contributed by atoms with Crippen molar-refractivity contribution in [2.24, 2.45) is 0 Å². The minimum absolute atomic E-state index is 0.0437. The number of amides is 2. The maximum absolute atomic E-state index is 12.4. The Balaban J connectivity index is 2.11. The van der Waals surface area contributed by atoms with Crippen LogP contribution in [0.5, 0.6) is 5.75 Å². The largest absolute Gasteiger partial charge is 0.480 e. The van der Waals surface area contributed by atoms with E-state index < -0.39 is 5.91 Å². The highest BCUT2D eigenvalue weighted by Crippen LogP contribution is 2.36. The lowest BCUT2D eigenvalue weighted by Gasteiger charge is -2.11. The van der Waals surface area contributed by atoms with Gasteiger partial charge >= 0.3 is 0 Å². The quantitative estimate of drug-likeness (QED) is 0.627. The molecule has 1 aliphatic heterocycles. The number of carbonyl (C=O) groups is 2. The number of nitrogens with zero attached hydrogens (tertiary/aromatic N) is 1. The molecule has 0 radical (unpaired) electrons. The van der Waals surface area contributed by atoms with E-state index in [4.69, 9.17) is 17.6 Å². The molecule has 0 saturated carbocycles. The van der Waals surface area contributed by atoms with Crippen LogP contribution in [0.1, 0.15) is 5.56 Å². The van der Waals surface area contributed by atoms with Crippen LogP contribution in [-0.4, -0.2) is 29.2 Å². The van der Waals surface area contributed by atoms with Gasteiger partial charge in [0.2, 0.25) is 0 Å². The molecule has 2 aromatic rings. The van der Waals surface area contributed by atoms with E-state index in [1.165, 1.54) is 0 Å². The molecule has 122 valence electrons. The molecule has 1 fully saturated rings. The standard InChI is InChI=1S/C20H13NO3S/c1-3-11-21-19(22)18(25-20(21)23)13-16-15-8-6-5-7-14(15)9-10-17(16)24-12-4-2/h1-2,5-10,13H,11-12H2/b18-13+. The number of benzene rings is 2. The van der Waals surface area contributed by atoms with Crippen LogP contribution >= 0.6 is 11.8 Å². The molecule has 0 unspecified atom stereocenters. The number of rotatable bonds is 4. The SMILES string of the molecule is C#CCOc1ccc2ccccc2c1/C=C1/SC(=O)N(CC#C)C1=O. The van der Waals surface area contributed by atoms with E-state index in [1.54, 1.807) is 12.1 Å². The van der Waals surface area contributed by atoms with Gasteiger partial charge in [0.15, 0.2) is 0 Å².